The van der Waals surface area contributed by atoms with E-state index in [0.717, 1.165) is 21.3 Å². The molecule has 0 aliphatic rings. The van der Waals surface area contributed by atoms with Crippen LogP contribution in [0.4, 0.5) is 0 Å². The van der Waals surface area contributed by atoms with Crippen molar-refractivity contribution in [3.8, 4) is 16.3 Å². The topological polar surface area (TPSA) is 30.7 Å². The van der Waals surface area contributed by atoms with Gasteiger partial charge in [0.25, 0.3) is 0 Å². The van der Waals surface area contributed by atoms with Gasteiger partial charge in [0, 0.05) is 33.9 Å². The molecule has 17 heavy (non-hydrogen) atoms. The van der Waals surface area contributed by atoms with Gasteiger partial charge in [0.05, 0.1) is 6.20 Å². The quantitative estimate of drug-likeness (QED) is 0.705. The molecule has 0 unspecified atom stereocenters. The highest BCUT2D eigenvalue weighted by Crippen LogP contribution is 2.27. The standard InChI is InChI=1S/C12H8ClN3S/c13-11-4-2-1-3-10(11)9-7-15-16(8-9)12-14-5-6-17-12/h1-8H. The molecule has 1 aromatic carbocycles. The van der Waals surface area contributed by atoms with Crippen molar-refractivity contribution in [2.45, 2.75) is 0 Å². The van der Waals surface area contributed by atoms with Gasteiger partial charge in [0.1, 0.15) is 0 Å². The van der Waals surface area contributed by atoms with Gasteiger partial charge in [-0.25, -0.2) is 9.67 Å². The monoisotopic (exact) mass is 261 g/mol. The first kappa shape index (κ1) is 10.5. The van der Waals surface area contributed by atoms with E-state index in [0.29, 0.717) is 0 Å². The predicted molar refractivity (Wildman–Crippen MR) is 69.7 cm³/mol. The first-order chi connectivity index (χ1) is 8.34. The van der Waals surface area contributed by atoms with E-state index >= 15 is 0 Å². The predicted octanol–water partition coefficient (Wildman–Crippen LogP) is 3.65. The zero-order valence-corrected chi connectivity index (χ0v) is 10.3. The van der Waals surface area contributed by atoms with Crippen molar-refractivity contribution < 1.29 is 0 Å². The Bertz CT molecular complexity index is 631. The van der Waals surface area contributed by atoms with E-state index in [1.807, 2.05) is 35.8 Å². The van der Waals surface area contributed by atoms with Crippen molar-refractivity contribution in [1.29, 1.82) is 0 Å². The molecule has 3 rings (SSSR count). The number of hydrogen-bond donors (Lipinski definition) is 0. The zero-order chi connectivity index (χ0) is 11.7. The van der Waals surface area contributed by atoms with E-state index in [9.17, 15) is 0 Å². The van der Waals surface area contributed by atoms with Crippen LogP contribution in [0.25, 0.3) is 16.3 Å². The summed E-state index contributed by atoms with van der Waals surface area (Å²) in [5, 5.41) is 7.78. The Morgan fingerprint density at radius 2 is 2.12 bits per heavy atom. The number of thiazole rings is 1. The molecule has 0 amide bonds. The summed E-state index contributed by atoms with van der Waals surface area (Å²) in [6, 6.07) is 7.72. The fraction of sp³-hybridized carbons (Fsp3) is 0. The first-order valence-corrected chi connectivity index (χ1v) is 6.30. The number of halogens is 1. The van der Waals surface area contributed by atoms with Crippen LogP contribution in [0.5, 0.6) is 0 Å². The molecule has 0 atom stereocenters. The highest BCUT2D eigenvalue weighted by molar-refractivity contribution is 7.12. The number of nitrogens with zero attached hydrogens (tertiary/aromatic N) is 3. The van der Waals surface area contributed by atoms with Crippen LogP contribution in [-0.2, 0) is 0 Å². The molecule has 2 aromatic heterocycles. The Morgan fingerprint density at radius 1 is 1.24 bits per heavy atom. The maximum Gasteiger partial charge on any atom is 0.210 e. The van der Waals surface area contributed by atoms with Crippen LogP contribution in [-0.4, -0.2) is 14.8 Å². The molecular formula is C12H8ClN3S. The van der Waals surface area contributed by atoms with Crippen LogP contribution < -0.4 is 0 Å². The number of hydrogen-bond acceptors (Lipinski definition) is 3. The highest BCUT2D eigenvalue weighted by Gasteiger charge is 2.07. The van der Waals surface area contributed by atoms with E-state index in [1.165, 1.54) is 0 Å². The van der Waals surface area contributed by atoms with Crippen LogP contribution in [0.1, 0.15) is 0 Å². The summed E-state index contributed by atoms with van der Waals surface area (Å²) in [5.74, 6) is 0. The summed E-state index contributed by atoms with van der Waals surface area (Å²) in [7, 11) is 0. The van der Waals surface area contributed by atoms with Crippen molar-refractivity contribution in [3.05, 3.63) is 53.3 Å². The van der Waals surface area contributed by atoms with E-state index < -0.39 is 0 Å². The second-order valence-electron chi connectivity index (χ2n) is 3.47. The smallest absolute Gasteiger partial charge is 0.210 e. The lowest BCUT2D eigenvalue weighted by molar-refractivity contribution is 0.870. The Hall–Kier alpha value is -1.65. The Labute approximate surface area is 107 Å². The molecule has 0 fully saturated rings. The third-order valence-corrected chi connectivity index (χ3v) is 3.47. The van der Waals surface area contributed by atoms with Gasteiger partial charge in [0.15, 0.2) is 0 Å². The van der Waals surface area contributed by atoms with Gasteiger partial charge in [0.2, 0.25) is 5.13 Å². The Kier molecular flexibility index (Phi) is 2.66. The summed E-state index contributed by atoms with van der Waals surface area (Å²) in [5.41, 5.74) is 1.97. The fourth-order valence-corrected chi connectivity index (χ4v) is 2.41. The summed E-state index contributed by atoms with van der Waals surface area (Å²) in [6.45, 7) is 0. The lowest BCUT2D eigenvalue weighted by Gasteiger charge is -1.99. The molecule has 0 aliphatic carbocycles. The molecule has 0 bridgehead atoms. The highest BCUT2D eigenvalue weighted by atomic mass is 35.5. The second-order valence-corrected chi connectivity index (χ2v) is 4.75. The number of aromatic nitrogens is 3. The minimum Gasteiger partial charge on any atom is -0.227 e. The SMILES string of the molecule is Clc1ccccc1-c1cnn(-c2nccs2)c1. The molecule has 0 aliphatic heterocycles. The van der Waals surface area contributed by atoms with Gasteiger partial charge in [-0.15, -0.1) is 11.3 Å². The normalized spacial score (nSPS) is 10.6. The van der Waals surface area contributed by atoms with Crippen LogP contribution in [0.2, 0.25) is 5.02 Å². The summed E-state index contributed by atoms with van der Waals surface area (Å²) in [4.78, 5) is 4.20. The molecular weight excluding hydrogens is 254 g/mol. The minimum absolute atomic E-state index is 0.728. The summed E-state index contributed by atoms with van der Waals surface area (Å²) >= 11 is 7.69. The Balaban J connectivity index is 2.04. The molecule has 0 N–H and O–H groups in total. The molecule has 0 saturated heterocycles. The lowest BCUT2D eigenvalue weighted by Crippen LogP contribution is -1.91. The minimum atomic E-state index is 0.728. The molecule has 3 nitrogen and oxygen atoms in total. The van der Waals surface area contributed by atoms with Gasteiger partial charge in [-0.3, -0.25) is 0 Å². The van der Waals surface area contributed by atoms with Gasteiger partial charge in [-0.2, -0.15) is 5.10 Å². The average Bonchev–Trinajstić information content (AvgIpc) is 3.00. The molecule has 0 radical (unpaired) electrons. The summed E-state index contributed by atoms with van der Waals surface area (Å²) < 4.78 is 1.75. The van der Waals surface area contributed by atoms with Crippen LogP contribution in [0, 0.1) is 0 Å². The number of rotatable bonds is 2. The lowest BCUT2D eigenvalue weighted by atomic mass is 10.1. The van der Waals surface area contributed by atoms with Crippen molar-refractivity contribution in [2.75, 3.05) is 0 Å². The first-order valence-electron chi connectivity index (χ1n) is 5.04. The molecule has 84 valence electrons. The summed E-state index contributed by atoms with van der Waals surface area (Å²) in [6.07, 6.45) is 5.49. The second kappa shape index (κ2) is 4.31. The van der Waals surface area contributed by atoms with Gasteiger partial charge in [-0.1, -0.05) is 29.8 Å². The molecule has 0 saturated carbocycles. The number of benzene rings is 1. The van der Waals surface area contributed by atoms with E-state index in [2.05, 4.69) is 10.1 Å². The molecule has 0 spiro atoms. The Morgan fingerprint density at radius 3 is 2.88 bits per heavy atom. The van der Waals surface area contributed by atoms with E-state index in [1.54, 1.807) is 28.4 Å². The van der Waals surface area contributed by atoms with Crippen molar-refractivity contribution in [3.63, 3.8) is 0 Å². The average molecular weight is 262 g/mol. The van der Waals surface area contributed by atoms with Crippen molar-refractivity contribution in [1.82, 2.24) is 14.8 Å². The third-order valence-electron chi connectivity index (χ3n) is 2.38. The van der Waals surface area contributed by atoms with Crippen molar-refractivity contribution in [2.24, 2.45) is 0 Å². The van der Waals surface area contributed by atoms with Gasteiger partial charge >= 0.3 is 0 Å². The third kappa shape index (κ3) is 1.97. The van der Waals surface area contributed by atoms with Gasteiger partial charge in [-0.05, 0) is 6.07 Å². The molecule has 3 aromatic rings. The fourth-order valence-electron chi connectivity index (χ4n) is 1.59. The van der Waals surface area contributed by atoms with Crippen LogP contribution in [0.3, 0.4) is 0 Å². The van der Waals surface area contributed by atoms with E-state index in [4.69, 9.17) is 11.6 Å². The zero-order valence-electron chi connectivity index (χ0n) is 8.75. The van der Waals surface area contributed by atoms with E-state index in [-0.39, 0.29) is 0 Å². The molecule has 2 heterocycles. The largest absolute Gasteiger partial charge is 0.227 e. The maximum atomic E-state index is 6.14. The molecule has 5 heteroatoms. The van der Waals surface area contributed by atoms with Crippen molar-refractivity contribution >= 4 is 22.9 Å². The van der Waals surface area contributed by atoms with Crippen LogP contribution in [0.15, 0.2) is 48.2 Å². The maximum absolute atomic E-state index is 6.14. The van der Waals surface area contributed by atoms with Gasteiger partial charge < -0.3 is 0 Å². The van der Waals surface area contributed by atoms with Crippen LogP contribution >= 0.6 is 22.9 Å².